The maximum Gasteiger partial charge on any atom is 0.248 e. The van der Waals surface area contributed by atoms with E-state index in [4.69, 9.17) is 14.3 Å². The van der Waals surface area contributed by atoms with Crippen molar-refractivity contribution in [3.05, 3.63) is 64.5 Å². The van der Waals surface area contributed by atoms with Gasteiger partial charge in [0, 0.05) is 5.57 Å². The molecule has 3 aromatic rings. The molecule has 0 spiro atoms. The Balaban J connectivity index is 2.44. The van der Waals surface area contributed by atoms with Crippen molar-refractivity contribution in [2.75, 3.05) is 6.61 Å². The van der Waals surface area contributed by atoms with Gasteiger partial charge in [0.2, 0.25) is 28.6 Å². The van der Waals surface area contributed by atoms with Gasteiger partial charge in [-0.05, 0) is 0 Å². The van der Waals surface area contributed by atoms with Crippen LogP contribution in [0.15, 0.2) is 51.1 Å². The van der Waals surface area contributed by atoms with Crippen molar-refractivity contribution in [2.24, 2.45) is 0 Å². The monoisotopic (exact) mass is 639 g/mol. The van der Waals surface area contributed by atoms with Gasteiger partial charge in [0.05, 0.1) is 16.7 Å². The molecular weight excluding hydrogens is 614 g/mol. The topological polar surface area (TPSA) is 366 Å². The summed E-state index contributed by atoms with van der Waals surface area (Å²) in [6, 6.07) is 0. The molecular formula is C26H25NO18. The van der Waals surface area contributed by atoms with E-state index in [1.165, 1.54) is 0 Å². The van der Waals surface area contributed by atoms with Crippen LogP contribution in [0, 0.1) is 0 Å². The normalized spacial score (nSPS) is 13.1. The molecule has 19 heteroatoms. The summed E-state index contributed by atoms with van der Waals surface area (Å²) in [7, 11) is 0. The molecule has 0 saturated heterocycles. The van der Waals surface area contributed by atoms with Crippen molar-refractivity contribution in [1.82, 2.24) is 4.98 Å². The molecule has 0 unspecified atom stereocenters. The predicted octanol–water partition coefficient (Wildman–Crippen LogP) is 2.77. The minimum absolute atomic E-state index is 0.855. The van der Waals surface area contributed by atoms with E-state index in [0.717, 1.165) is 0 Å². The van der Waals surface area contributed by atoms with Gasteiger partial charge in [-0.15, -0.1) is 0 Å². The number of aromatic nitrogens is 1. The summed E-state index contributed by atoms with van der Waals surface area (Å²) in [4.78, 5) is 2.16. The lowest BCUT2D eigenvalue weighted by Gasteiger charge is -2.15. The van der Waals surface area contributed by atoms with Gasteiger partial charge < -0.3 is 86.7 Å². The number of aliphatic hydroxyl groups excluding tert-OH is 8. The molecule has 0 radical (unpaired) electrons. The second-order valence-electron chi connectivity index (χ2n) is 8.79. The Morgan fingerprint density at radius 3 is 1.60 bits per heavy atom. The molecule has 0 aliphatic rings. The molecule has 0 fully saturated rings. The summed E-state index contributed by atoms with van der Waals surface area (Å²) in [6.07, 6.45) is 0. The molecule has 19 nitrogen and oxygen atoms in total. The summed E-state index contributed by atoms with van der Waals surface area (Å²) < 4.78 is 9.75. The van der Waals surface area contributed by atoms with Crippen molar-refractivity contribution in [2.45, 2.75) is 6.61 Å². The first-order valence-electron chi connectivity index (χ1n) is 11.8. The lowest BCUT2D eigenvalue weighted by molar-refractivity contribution is 0.0371. The average Bonchev–Trinajstić information content (AvgIpc) is 3.21. The lowest BCUT2D eigenvalue weighted by atomic mass is 9.98. The van der Waals surface area contributed by atoms with Gasteiger partial charge in [-0.2, -0.15) is 0 Å². The maximum absolute atomic E-state index is 10.9. The Morgan fingerprint density at radius 2 is 1.11 bits per heavy atom. The van der Waals surface area contributed by atoms with Crippen LogP contribution in [0.5, 0.6) is 46.0 Å². The van der Waals surface area contributed by atoms with E-state index in [2.05, 4.69) is 18.1 Å². The van der Waals surface area contributed by atoms with Crippen molar-refractivity contribution in [3.63, 3.8) is 0 Å². The fourth-order valence-corrected chi connectivity index (χ4v) is 3.83. The third kappa shape index (κ3) is 5.26. The molecule has 0 saturated carbocycles. The molecule has 0 aliphatic heterocycles. The molecule has 242 valence electrons. The van der Waals surface area contributed by atoms with Gasteiger partial charge in [0.25, 0.3) is 0 Å². The number of hydrogen-bond acceptors (Lipinski definition) is 18. The first-order valence-corrected chi connectivity index (χ1v) is 11.8. The molecule has 17 N–H and O–H groups in total. The van der Waals surface area contributed by atoms with E-state index < -0.39 is 139 Å². The van der Waals surface area contributed by atoms with Crippen molar-refractivity contribution >= 4 is 28.0 Å². The molecule has 3 rings (SSSR count). The number of aromatic amines is 1. The third-order valence-electron chi connectivity index (χ3n) is 6.12. The number of phenolic OH excluding ortho intramolecular Hbond substituents is 8. The van der Waals surface area contributed by atoms with Crippen LogP contribution in [0.2, 0.25) is 0 Å². The smallest absolute Gasteiger partial charge is 0.248 e. The largest absolute Gasteiger partial charge is 0.508 e. The fourth-order valence-electron chi connectivity index (χ4n) is 3.83. The number of fused-ring (bicyclic) bond motifs is 1. The molecule has 1 heterocycles. The number of aromatic hydroxyl groups is 8. The summed E-state index contributed by atoms with van der Waals surface area (Å²) in [6.45, 7) is 3.97. The lowest BCUT2D eigenvalue weighted by Crippen LogP contribution is -2.04. The minimum Gasteiger partial charge on any atom is -0.508 e. The van der Waals surface area contributed by atoms with Crippen LogP contribution in [0.25, 0.3) is 28.0 Å². The number of benzene rings is 2. The Labute approximate surface area is 248 Å². The first kappa shape index (κ1) is 32.9. The van der Waals surface area contributed by atoms with Crippen LogP contribution in [-0.4, -0.2) is 93.3 Å². The van der Waals surface area contributed by atoms with E-state index >= 15 is 0 Å². The maximum atomic E-state index is 10.9. The first-order chi connectivity index (χ1) is 20.9. The van der Waals surface area contributed by atoms with E-state index in [9.17, 15) is 76.6 Å². The van der Waals surface area contributed by atoms with E-state index in [1.807, 2.05) is 0 Å². The molecule has 0 aliphatic carbocycles. The molecule has 45 heavy (non-hydrogen) atoms. The highest BCUT2D eigenvalue weighted by Crippen LogP contribution is 2.54. The van der Waals surface area contributed by atoms with E-state index in [-0.39, 0.29) is 0 Å². The zero-order valence-corrected chi connectivity index (χ0v) is 22.3. The fraction of sp³-hybridized carbons (Fsp3) is 0.0769. The number of aliphatic hydroxyl groups is 8. The summed E-state index contributed by atoms with van der Waals surface area (Å²) in [5.41, 5.74) is -7.09. The summed E-state index contributed by atoms with van der Waals surface area (Å²) >= 11 is 0. The van der Waals surface area contributed by atoms with Gasteiger partial charge in [0.15, 0.2) is 57.5 Å². The highest BCUT2D eigenvalue weighted by molar-refractivity contribution is 5.98. The molecule has 0 amide bonds. The second-order valence-corrected chi connectivity index (χ2v) is 8.79. The van der Waals surface area contributed by atoms with Crippen LogP contribution >= 0.6 is 0 Å². The number of rotatable bonds is 8. The van der Waals surface area contributed by atoms with Crippen molar-refractivity contribution < 1.29 is 90.9 Å². The quantitative estimate of drug-likeness (QED) is 0.0553. The number of allylic oxidation sites excluding steroid dienone is 2. The summed E-state index contributed by atoms with van der Waals surface area (Å²) in [5, 5.41) is 162. The molecule has 1 aromatic heterocycles. The predicted molar refractivity (Wildman–Crippen MR) is 148 cm³/mol. The third-order valence-corrected chi connectivity index (χ3v) is 6.12. The van der Waals surface area contributed by atoms with Gasteiger partial charge in [-0.3, -0.25) is 9.15 Å². The molecule has 0 atom stereocenters. The van der Waals surface area contributed by atoms with Crippen LogP contribution < -0.4 is 0 Å². The summed E-state index contributed by atoms with van der Waals surface area (Å²) in [5.74, 6) is -19.8. The second kappa shape index (κ2) is 11.9. The Hall–Kier alpha value is -6.60. The molecule has 0 bridgehead atoms. The van der Waals surface area contributed by atoms with Gasteiger partial charge in [-0.25, -0.2) is 0 Å². The van der Waals surface area contributed by atoms with Crippen LogP contribution in [-0.2, 0) is 6.61 Å². The van der Waals surface area contributed by atoms with Crippen molar-refractivity contribution in [3.8, 4) is 46.0 Å². The van der Waals surface area contributed by atoms with Gasteiger partial charge >= 0.3 is 0 Å². The highest BCUT2D eigenvalue weighted by Gasteiger charge is 2.32. The Bertz CT molecular complexity index is 1870. The molecule has 2 aromatic carbocycles. The number of hydrogen-bond donors (Lipinski definition) is 17. The van der Waals surface area contributed by atoms with Crippen LogP contribution in [0.3, 0.4) is 0 Å². The van der Waals surface area contributed by atoms with E-state index in [1.54, 1.807) is 0 Å². The number of H-pyrrole nitrogens is 1. The Morgan fingerprint density at radius 1 is 0.600 bits per heavy atom. The number of nitrogens with one attached hydrogen (secondary N) is 1. The average molecular weight is 639 g/mol. The highest BCUT2D eigenvalue weighted by atomic mass is 17.0. The number of phenols is 8. The van der Waals surface area contributed by atoms with Gasteiger partial charge in [-0.1, -0.05) is 13.2 Å². The van der Waals surface area contributed by atoms with Crippen LogP contribution in [0.4, 0.5) is 0 Å². The standard InChI is InChI=1S/C26H25NO18/c1-5(9-16(34)23(41)25(43)24(42)17(9)35)14(32)21(39)12-8(4-29)44-45-26-13(27-12)22(40)19(37)11(20(26)38)10(6(2)30)18(36)15(33)7(31)3-28/h27-43H,1-4H2/b15-7-,18-10-,21-14-. The zero-order valence-electron chi connectivity index (χ0n) is 22.3. The Kier molecular flexibility index (Phi) is 8.74. The van der Waals surface area contributed by atoms with Gasteiger partial charge in [0.1, 0.15) is 30.2 Å². The van der Waals surface area contributed by atoms with E-state index in [0.29, 0.717) is 0 Å². The SMILES string of the molecule is C=C(O)/C(=C(O)\C(O)=C(\O)CO)c1c(O)c(O)c2[nH]c(/C(O)=C(/O)C(=C)c3c(O)c(O)c(O)c(O)c3O)c(CO)ooc2c1O. The van der Waals surface area contributed by atoms with Crippen LogP contribution in [0.1, 0.15) is 22.6 Å². The zero-order chi connectivity index (χ0) is 34.2. The minimum atomic E-state index is -1.49. The van der Waals surface area contributed by atoms with Crippen molar-refractivity contribution in [1.29, 1.82) is 0 Å².